The van der Waals surface area contributed by atoms with Crippen LogP contribution >= 0.6 is 0 Å². The first-order valence-corrected chi connectivity index (χ1v) is 4.55. The van der Waals surface area contributed by atoms with Crippen LogP contribution in [0.2, 0.25) is 0 Å². The van der Waals surface area contributed by atoms with Crippen molar-refractivity contribution in [1.82, 2.24) is 0 Å². The highest BCUT2D eigenvalue weighted by atomic mass is 16.1. The van der Waals surface area contributed by atoms with Gasteiger partial charge in [-0.3, -0.25) is 0 Å². The number of rotatable bonds is 4. The molecular formula is C11H16O. The smallest absolute Gasteiger partial charge is 0.120 e. The van der Waals surface area contributed by atoms with E-state index in [2.05, 4.69) is 18.7 Å². The molecule has 1 heteroatoms. The summed E-state index contributed by atoms with van der Waals surface area (Å²) in [6.45, 7) is 3.73. The lowest BCUT2D eigenvalue weighted by atomic mass is 9.74. The minimum Gasteiger partial charge on any atom is -0.303 e. The van der Waals surface area contributed by atoms with Crippen LogP contribution in [0, 0.1) is 5.41 Å². The molecule has 1 unspecified atom stereocenters. The molecule has 0 heterocycles. The number of hydrogen-bond acceptors (Lipinski definition) is 1. The molecule has 1 aliphatic carbocycles. The van der Waals surface area contributed by atoms with Gasteiger partial charge in [0.1, 0.15) is 6.29 Å². The summed E-state index contributed by atoms with van der Waals surface area (Å²) >= 11 is 0. The zero-order valence-corrected chi connectivity index (χ0v) is 7.46. The van der Waals surface area contributed by atoms with E-state index in [-0.39, 0.29) is 5.41 Å². The topological polar surface area (TPSA) is 17.1 Å². The van der Waals surface area contributed by atoms with Crippen molar-refractivity contribution in [2.45, 2.75) is 32.1 Å². The van der Waals surface area contributed by atoms with E-state index in [1.54, 1.807) is 0 Å². The van der Waals surface area contributed by atoms with Crippen molar-refractivity contribution in [3.63, 3.8) is 0 Å². The van der Waals surface area contributed by atoms with Gasteiger partial charge in [0, 0.05) is 6.42 Å². The van der Waals surface area contributed by atoms with Crippen LogP contribution in [0.3, 0.4) is 0 Å². The first kappa shape index (κ1) is 9.24. The third-order valence-electron chi connectivity index (χ3n) is 2.56. The molecule has 1 nitrogen and oxygen atoms in total. The Hall–Kier alpha value is -0.850. The second kappa shape index (κ2) is 4.24. The van der Waals surface area contributed by atoms with Gasteiger partial charge in [-0.2, -0.15) is 0 Å². The highest BCUT2D eigenvalue weighted by Gasteiger charge is 2.26. The molecule has 1 atom stereocenters. The molecule has 66 valence electrons. The summed E-state index contributed by atoms with van der Waals surface area (Å²) in [6, 6.07) is 0. The second-order valence-electron chi connectivity index (χ2n) is 3.52. The Morgan fingerprint density at radius 3 is 2.83 bits per heavy atom. The van der Waals surface area contributed by atoms with Crippen LogP contribution in [0.15, 0.2) is 24.8 Å². The summed E-state index contributed by atoms with van der Waals surface area (Å²) in [7, 11) is 0. The summed E-state index contributed by atoms with van der Waals surface area (Å²) in [4.78, 5) is 10.5. The first-order valence-electron chi connectivity index (χ1n) is 4.55. The van der Waals surface area contributed by atoms with Crippen molar-refractivity contribution in [1.29, 1.82) is 0 Å². The zero-order chi connectivity index (χ0) is 8.86. The standard InChI is InChI=1S/C11H16O/c1-2-6-11(9-10-12)7-4-3-5-8-11/h2,4,7,10H,1,3,5-6,8-9H2. The number of carbonyl (C=O) groups is 1. The van der Waals surface area contributed by atoms with Gasteiger partial charge in [-0.15, -0.1) is 6.58 Å². The fraction of sp³-hybridized carbons (Fsp3) is 0.545. The quantitative estimate of drug-likeness (QED) is 0.461. The highest BCUT2D eigenvalue weighted by molar-refractivity contribution is 5.51. The molecule has 0 saturated carbocycles. The van der Waals surface area contributed by atoms with E-state index >= 15 is 0 Å². The maximum absolute atomic E-state index is 10.5. The Morgan fingerprint density at radius 2 is 2.33 bits per heavy atom. The third-order valence-corrected chi connectivity index (χ3v) is 2.56. The molecule has 1 aliphatic rings. The number of carbonyl (C=O) groups excluding carboxylic acids is 1. The molecule has 0 spiro atoms. The molecule has 0 aromatic rings. The van der Waals surface area contributed by atoms with E-state index < -0.39 is 0 Å². The lowest BCUT2D eigenvalue weighted by Crippen LogP contribution is -2.19. The molecule has 12 heavy (non-hydrogen) atoms. The summed E-state index contributed by atoms with van der Waals surface area (Å²) in [5, 5.41) is 0. The van der Waals surface area contributed by atoms with Crippen molar-refractivity contribution in [3.05, 3.63) is 24.8 Å². The van der Waals surface area contributed by atoms with Crippen molar-refractivity contribution < 1.29 is 4.79 Å². The molecule has 0 fully saturated rings. The van der Waals surface area contributed by atoms with Crippen LogP contribution in [-0.4, -0.2) is 6.29 Å². The molecule has 0 amide bonds. The van der Waals surface area contributed by atoms with Gasteiger partial charge < -0.3 is 4.79 Å². The normalized spacial score (nSPS) is 28.3. The summed E-state index contributed by atoms with van der Waals surface area (Å²) in [5.41, 5.74) is 0.113. The fourth-order valence-corrected chi connectivity index (χ4v) is 1.87. The number of aldehydes is 1. The third kappa shape index (κ3) is 2.07. The van der Waals surface area contributed by atoms with Crippen LogP contribution in [0.4, 0.5) is 0 Å². The lowest BCUT2D eigenvalue weighted by molar-refractivity contribution is -0.109. The largest absolute Gasteiger partial charge is 0.303 e. The predicted molar refractivity (Wildman–Crippen MR) is 50.9 cm³/mol. The molecule has 0 aromatic carbocycles. The number of allylic oxidation sites excluding steroid dienone is 3. The van der Waals surface area contributed by atoms with Gasteiger partial charge in [0.05, 0.1) is 0 Å². The van der Waals surface area contributed by atoms with E-state index in [0.29, 0.717) is 6.42 Å². The van der Waals surface area contributed by atoms with E-state index in [0.717, 1.165) is 25.5 Å². The SMILES string of the molecule is C=CCC1(CC=O)C=CCCC1. The van der Waals surface area contributed by atoms with Crippen LogP contribution in [0.1, 0.15) is 32.1 Å². The molecule has 0 aromatic heterocycles. The van der Waals surface area contributed by atoms with Gasteiger partial charge in [-0.1, -0.05) is 18.2 Å². The second-order valence-corrected chi connectivity index (χ2v) is 3.52. The Morgan fingerprint density at radius 1 is 1.50 bits per heavy atom. The summed E-state index contributed by atoms with van der Waals surface area (Å²) < 4.78 is 0. The van der Waals surface area contributed by atoms with Gasteiger partial charge in [-0.25, -0.2) is 0 Å². The number of hydrogen-bond donors (Lipinski definition) is 0. The minimum absolute atomic E-state index is 0.113. The van der Waals surface area contributed by atoms with Crippen LogP contribution in [0.25, 0.3) is 0 Å². The molecule has 0 aliphatic heterocycles. The summed E-state index contributed by atoms with van der Waals surface area (Å²) in [5.74, 6) is 0. The van der Waals surface area contributed by atoms with Crippen molar-refractivity contribution in [2.75, 3.05) is 0 Å². The zero-order valence-electron chi connectivity index (χ0n) is 7.46. The van der Waals surface area contributed by atoms with E-state index in [1.165, 1.54) is 6.42 Å². The Labute approximate surface area is 74.2 Å². The first-order chi connectivity index (χ1) is 5.83. The molecular weight excluding hydrogens is 148 g/mol. The fourth-order valence-electron chi connectivity index (χ4n) is 1.87. The van der Waals surface area contributed by atoms with E-state index in [9.17, 15) is 4.79 Å². The Kier molecular flexibility index (Phi) is 3.27. The monoisotopic (exact) mass is 164 g/mol. The Bertz CT molecular complexity index is 181. The minimum atomic E-state index is 0.113. The van der Waals surface area contributed by atoms with Crippen LogP contribution in [-0.2, 0) is 4.79 Å². The van der Waals surface area contributed by atoms with E-state index in [4.69, 9.17) is 0 Å². The highest BCUT2D eigenvalue weighted by Crippen LogP contribution is 2.37. The molecule has 0 N–H and O–H groups in total. The van der Waals surface area contributed by atoms with Gasteiger partial charge in [-0.05, 0) is 31.1 Å². The average Bonchev–Trinajstić information content (AvgIpc) is 2.07. The summed E-state index contributed by atoms with van der Waals surface area (Å²) in [6.07, 6.45) is 12.4. The Balaban J connectivity index is 2.68. The molecule has 0 radical (unpaired) electrons. The maximum atomic E-state index is 10.5. The lowest BCUT2D eigenvalue weighted by Gasteiger charge is -2.30. The van der Waals surface area contributed by atoms with Crippen LogP contribution < -0.4 is 0 Å². The van der Waals surface area contributed by atoms with Crippen LogP contribution in [0.5, 0.6) is 0 Å². The van der Waals surface area contributed by atoms with Gasteiger partial charge in [0.2, 0.25) is 0 Å². The maximum Gasteiger partial charge on any atom is 0.120 e. The predicted octanol–water partition coefficient (Wildman–Crippen LogP) is 2.88. The van der Waals surface area contributed by atoms with Gasteiger partial charge in [0.15, 0.2) is 0 Å². The molecule has 0 bridgehead atoms. The van der Waals surface area contributed by atoms with Crippen molar-refractivity contribution in [2.24, 2.45) is 5.41 Å². The van der Waals surface area contributed by atoms with Crippen molar-refractivity contribution >= 4 is 6.29 Å². The molecule has 0 saturated heterocycles. The van der Waals surface area contributed by atoms with Gasteiger partial charge in [0.25, 0.3) is 0 Å². The van der Waals surface area contributed by atoms with Gasteiger partial charge >= 0.3 is 0 Å². The van der Waals surface area contributed by atoms with E-state index in [1.807, 2.05) is 6.08 Å². The molecule has 1 rings (SSSR count). The average molecular weight is 164 g/mol. The van der Waals surface area contributed by atoms with Crippen molar-refractivity contribution in [3.8, 4) is 0 Å².